The average molecular weight is 250 g/mol. The second-order valence-corrected chi connectivity index (χ2v) is 3.76. The minimum atomic E-state index is -0.672. The molecule has 1 atom stereocenters. The summed E-state index contributed by atoms with van der Waals surface area (Å²) in [5.41, 5.74) is 1.59. The van der Waals surface area contributed by atoms with Crippen molar-refractivity contribution in [3.05, 3.63) is 29.8 Å². The van der Waals surface area contributed by atoms with Crippen LogP contribution in [0.3, 0.4) is 0 Å². The number of carbonyl (C=O) groups excluding carboxylic acids is 1. The van der Waals surface area contributed by atoms with Crippen LogP contribution in [-0.2, 0) is 9.63 Å². The number of ether oxygens (including phenoxy) is 1. The molecule has 1 amide bonds. The van der Waals surface area contributed by atoms with Gasteiger partial charge in [-0.15, -0.1) is 0 Å². The van der Waals surface area contributed by atoms with Crippen molar-refractivity contribution in [1.82, 2.24) is 5.32 Å². The van der Waals surface area contributed by atoms with E-state index in [1.54, 1.807) is 7.11 Å². The van der Waals surface area contributed by atoms with E-state index in [4.69, 9.17) is 14.7 Å². The molecule has 1 aliphatic heterocycles. The number of carbonyl (C=O) groups is 1. The van der Waals surface area contributed by atoms with Crippen LogP contribution in [0, 0.1) is 0 Å². The maximum Gasteiger partial charge on any atom is 0.266 e. The van der Waals surface area contributed by atoms with Crippen LogP contribution in [0.25, 0.3) is 0 Å². The SMILES string of the molecule is COc1ccc(C2=NOC(C(=O)NCO)C2)cc1. The minimum Gasteiger partial charge on any atom is -0.497 e. The lowest BCUT2D eigenvalue weighted by molar-refractivity contribution is -0.132. The normalized spacial score (nSPS) is 17.9. The molecule has 0 aromatic heterocycles. The van der Waals surface area contributed by atoms with Crippen LogP contribution in [0.15, 0.2) is 29.4 Å². The Kier molecular flexibility index (Phi) is 3.78. The lowest BCUT2D eigenvalue weighted by Gasteiger charge is -2.06. The number of methoxy groups -OCH3 is 1. The molecule has 1 heterocycles. The number of hydrogen-bond donors (Lipinski definition) is 2. The first kappa shape index (κ1) is 12.4. The molecule has 2 rings (SSSR count). The van der Waals surface area contributed by atoms with Crippen LogP contribution < -0.4 is 10.1 Å². The largest absolute Gasteiger partial charge is 0.497 e. The molecule has 0 spiro atoms. The van der Waals surface area contributed by atoms with Crippen molar-refractivity contribution in [2.45, 2.75) is 12.5 Å². The molecule has 0 bridgehead atoms. The summed E-state index contributed by atoms with van der Waals surface area (Å²) >= 11 is 0. The van der Waals surface area contributed by atoms with Gasteiger partial charge in [-0.25, -0.2) is 0 Å². The Bertz CT molecular complexity index is 456. The molecule has 18 heavy (non-hydrogen) atoms. The quantitative estimate of drug-likeness (QED) is 0.751. The highest BCUT2D eigenvalue weighted by molar-refractivity contribution is 6.04. The molecule has 0 fully saturated rings. The van der Waals surface area contributed by atoms with Gasteiger partial charge < -0.3 is 20.0 Å². The predicted octanol–water partition coefficient (Wildman–Crippen LogP) is 0.254. The zero-order valence-corrected chi connectivity index (χ0v) is 9.92. The van der Waals surface area contributed by atoms with Crippen LogP contribution in [0.1, 0.15) is 12.0 Å². The Labute approximate surface area is 104 Å². The molecular formula is C12H14N2O4. The van der Waals surface area contributed by atoms with Crippen molar-refractivity contribution in [2.75, 3.05) is 13.8 Å². The summed E-state index contributed by atoms with van der Waals surface area (Å²) in [6.45, 7) is -0.406. The highest BCUT2D eigenvalue weighted by atomic mass is 16.6. The third-order valence-electron chi connectivity index (χ3n) is 2.64. The van der Waals surface area contributed by atoms with Gasteiger partial charge in [-0.2, -0.15) is 0 Å². The first-order chi connectivity index (χ1) is 8.74. The molecule has 0 radical (unpaired) electrons. The van der Waals surface area contributed by atoms with Gasteiger partial charge >= 0.3 is 0 Å². The molecule has 1 unspecified atom stereocenters. The van der Waals surface area contributed by atoms with E-state index < -0.39 is 12.8 Å². The second-order valence-electron chi connectivity index (χ2n) is 3.76. The predicted molar refractivity (Wildman–Crippen MR) is 64.2 cm³/mol. The van der Waals surface area contributed by atoms with Crippen LogP contribution in [0.2, 0.25) is 0 Å². The van der Waals surface area contributed by atoms with Crippen molar-refractivity contribution in [3.8, 4) is 5.75 Å². The zero-order valence-electron chi connectivity index (χ0n) is 9.92. The Morgan fingerprint density at radius 3 is 2.89 bits per heavy atom. The molecule has 1 aromatic carbocycles. The van der Waals surface area contributed by atoms with Crippen molar-refractivity contribution < 1.29 is 19.5 Å². The molecule has 1 aromatic rings. The summed E-state index contributed by atoms with van der Waals surface area (Å²) < 4.78 is 5.06. The third kappa shape index (κ3) is 2.60. The molecule has 96 valence electrons. The first-order valence-corrected chi connectivity index (χ1v) is 5.50. The topological polar surface area (TPSA) is 80.2 Å². The van der Waals surface area contributed by atoms with Gasteiger partial charge in [0, 0.05) is 6.42 Å². The minimum absolute atomic E-state index is 0.371. The second kappa shape index (κ2) is 5.50. The van der Waals surface area contributed by atoms with E-state index in [1.807, 2.05) is 24.3 Å². The van der Waals surface area contributed by atoms with Gasteiger partial charge in [0.1, 0.15) is 12.5 Å². The van der Waals surface area contributed by atoms with E-state index in [2.05, 4.69) is 10.5 Å². The maximum absolute atomic E-state index is 11.4. The molecule has 1 aliphatic rings. The number of oxime groups is 1. The highest BCUT2D eigenvalue weighted by Crippen LogP contribution is 2.19. The summed E-state index contributed by atoms with van der Waals surface area (Å²) in [5, 5.41) is 14.8. The number of amides is 1. The number of nitrogens with one attached hydrogen (secondary N) is 1. The monoisotopic (exact) mass is 250 g/mol. The smallest absolute Gasteiger partial charge is 0.266 e. The van der Waals surface area contributed by atoms with Gasteiger partial charge in [-0.1, -0.05) is 5.16 Å². The van der Waals surface area contributed by atoms with Gasteiger partial charge in [0.25, 0.3) is 5.91 Å². The number of aliphatic hydroxyl groups excluding tert-OH is 1. The summed E-state index contributed by atoms with van der Waals surface area (Å²) in [6, 6.07) is 7.35. The third-order valence-corrected chi connectivity index (χ3v) is 2.64. The zero-order chi connectivity index (χ0) is 13.0. The van der Waals surface area contributed by atoms with E-state index >= 15 is 0 Å². The van der Waals surface area contributed by atoms with Crippen molar-refractivity contribution in [1.29, 1.82) is 0 Å². The number of hydrogen-bond acceptors (Lipinski definition) is 5. The average Bonchev–Trinajstić information content (AvgIpc) is 2.89. The fourth-order valence-corrected chi connectivity index (χ4v) is 1.66. The van der Waals surface area contributed by atoms with Crippen molar-refractivity contribution in [2.24, 2.45) is 5.16 Å². The molecule has 2 N–H and O–H groups in total. The van der Waals surface area contributed by atoms with Gasteiger partial charge in [-0.05, 0) is 29.8 Å². The summed E-state index contributed by atoms with van der Waals surface area (Å²) in [4.78, 5) is 16.5. The molecular weight excluding hydrogens is 236 g/mol. The van der Waals surface area contributed by atoms with Crippen molar-refractivity contribution >= 4 is 11.6 Å². The Morgan fingerprint density at radius 2 is 2.28 bits per heavy atom. The lowest BCUT2D eigenvalue weighted by Crippen LogP contribution is -2.35. The van der Waals surface area contributed by atoms with Crippen molar-refractivity contribution in [3.63, 3.8) is 0 Å². The summed E-state index contributed by atoms with van der Waals surface area (Å²) in [6.07, 6.45) is -0.285. The lowest BCUT2D eigenvalue weighted by atomic mass is 10.0. The Morgan fingerprint density at radius 1 is 1.56 bits per heavy atom. The van der Waals surface area contributed by atoms with E-state index in [9.17, 15) is 4.79 Å². The van der Waals surface area contributed by atoms with E-state index in [-0.39, 0.29) is 5.91 Å². The number of rotatable bonds is 4. The van der Waals surface area contributed by atoms with Gasteiger partial charge in [0.2, 0.25) is 6.10 Å². The van der Waals surface area contributed by atoms with Crippen LogP contribution in [0.5, 0.6) is 5.75 Å². The van der Waals surface area contributed by atoms with Crippen LogP contribution in [0.4, 0.5) is 0 Å². The maximum atomic E-state index is 11.4. The molecule has 0 saturated carbocycles. The van der Waals surface area contributed by atoms with E-state index in [1.165, 1.54) is 0 Å². The summed E-state index contributed by atoms with van der Waals surface area (Å²) in [7, 11) is 1.60. The van der Waals surface area contributed by atoms with Crippen LogP contribution >= 0.6 is 0 Å². The Balaban J connectivity index is 2.01. The fraction of sp³-hybridized carbons (Fsp3) is 0.333. The number of benzene rings is 1. The Hall–Kier alpha value is -2.08. The molecule has 6 nitrogen and oxygen atoms in total. The van der Waals surface area contributed by atoms with Gasteiger partial charge in [-0.3, -0.25) is 4.79 Å². The summed E-state index contributed by atoms with van der Waals surface area (Å²) in [5.74, 6) is 0.387. The van der Waals surface area contributed by atoms with Gasteiger partial charge in [0.15, 0.2) is 0 Å². The fourth-order valence-electron chi connectivity index (χ4n) is 1.66. The standard InChI is InChI=1S/C12H14N2O4/c1-17-9-4-2-8(3-5-9)10-6-11(18-14-10)12(16)13-7-15/h2-5,11,15H,6-7H2,1H3,(H,13,16). The van der Waals surface area contributed by atoms with Gasteiger partial charge in [0.05, 0.1) is 12.8 Å². The van der Waals surface area contributed by atoms with E-state index in [0.717, 1.165) is 11.3 Å². The molecule has 0 aliphatic carbocycles. The number of aliphatic hydroxyl groups is 1. The molecule has 6 heteroatoms. The van der Waals surface area contributed by atoms with Crippen LogP contribution in [-0.4, -0.2) is 36.7 Å². The molecule has 0 saturated heterocycles. The number of nitrogens with zero attached hydrogens (tertiary/aromatic N) is 1. The highest BCUT2D eigenvalue weighted by Gasteiger charge is 2.28. The van der Waals surface area contributed by atoms with E-state index in [0.29, 0.717) is 12.1 Å². The first-order valence-electron chi connectivity index (χ1n) is 5.50.